The molecule has 1 aliphatic heterocycles. The van der Waals surface area contributed by atoms with Crippen molar-refractivity contribution < 1.29 is 32.7 Å². The molecule has 0 aromatic heterocycles. The topological polar surface area (TPSA) is 127 Å². The predicted octanol–water partition coefficient (Wildman–Crippen LogP) is -0.945. The number of carboxylic acid groups (broad SMARTS) is 1. The average molecular weight is 297 g/mol. The van der Waals surface area contributed by atoms with E-state index in [0.29, 0.717) is 4.90 Å². The van der Waals surface area contributed by atoms with Crippen molar-refractivity contribution in [3.05, 3.63) is 0 Å². The molecule has 2 amide bonds. The normalized spacial score (nSPS) is 24.5. The molecule has 5 N–H and O–H groups in total. The van der Waals surface area contributed by atoms with E-state index in [2.05, 4.69) is 0 Å². The highest BCUT2D eigenvalue weighted by Crippen LogP contribution is 2.45. The van der Waals surface area contributed by atoms with Crippen LogP contribution in [0.15, 0.2) is 0 Å². The van der Waals surface area contributed by atoms with Crippen molar-refractivity contribution in [1.29, 1.82) is 0 Å². The van der Waals surface area contributed by atoms with Crippen LogP contribution in [0, 0.1) is 5.41 Å². The van der Waals surface area contributed by atoms with Gasteiger partial charge in [-0.1, -0.05) is 0 Å². The highest BCUT2D eigenvalue weighted by atomic mass is 19.4. The Bertz CT molecular complexity index is 440. The fraction of sp³-hybridized carbons (Fsp3) is 0.700. The lowest BCUT2D eigenvalue weighted by Crippen LogP contribution is -2.50. The summed E-state index contributed by atoms with van der Waals surface area (Å²) in [6.07, 6.45) is -6.25. The van der Waals surface area contributed by atoms with E-state index in [-0.39, 0.29) is 0 Å². The van der Waals surface area contributed by atoms with Gasteiger partial charge in [0.25, 0.3) is 0 Å². The number of hydrogen-bond donors (Lipinski definition) is 3. The zero-order valence-electron chi connectivity index (χ0n) is 10.3. The minimum Gasteiger partial charge on any atom is -0.481 e. The summed E-state index contributed by atoms with van der Waals surface area (Å²) in [6.45, 7) is -1.41. The number of likely N-dealkylation sites (tertiary alicyclic amines) is 1. The smallest absolute Gasteiger partial charge is 0.406 e. The minimum atomic E-state index is -4.98. The maximum Gasteiger partial charge on any atom is 0.406 e. The van der Waals surface area contributed by atoms with Crippen molar-refractivity contribution in [3.63, 3.8) is 0 Å². The molecule has 1 rings (SSSR count). The lowest BCUT2D eigenvalue weighted by Gasteiger charge is -2.27. The lowest BCUT2D eigenvalue weighted by molar-refractivity contribution is -0.227. The number of primary amides is 1. The molecule has 1 fully saturated rings. The number of carbonyl (C=O) groups is 3. The van der Waals surface area contributed by atoms with Crippen molar-refractivity contribution in [2.24, 2.45) is 16.9 Å². The molecule has 0 saturated carbocycles. The molecule has 0 bridgehead atoms. The molecule has 1 saturated heterocycles. The standard InChI is InChI=1S/C10H14F3N3O4/c11-10(12,13)9(8(19)20)1-2-16(4-9)7(18)5(14)3-6(15)17/h5H,1-4,14H2,(H2,15,17)(H,19,20). The zero-order valence-corrected chi connectivity index (χ0v) is 10.3. The summed E-state index contributed by atoms with van der Waals surface area (Å²) in [4.78, 5) is 34.0. The van der Waals surface area contributed by atoms with Crippen molar-refractivity contribution in [2.45, 2.75) is 25.1 Å². The lowest BCUT2D eigenvalue weighted by atomic mass is 9.86. The van der Waals surface area contributed by atoms with E-state index >= 15 is 0 Å². The molecule has 0 aliphatic carbocycles. The Kier molecular flexibility index (Phi) is 4.27. The monoisotopic (exact) mass is 297 g/mol. The van der Waals surface area contributed by atoms with Crippen LogP contribution in [0.5, 0.6) is 0 Å². The van der Waals surface area contributed by atoms with E-state index in [4.69, 9.17) is 16.6 Å². The number of hydrogen-bond acceptors (Lipinski definition) is 4. The first kappa shape index (κ1) is 16.2. The van der Waals surface area contributed by atoms with Gasteiger partial charge in [0.05, 0.1) is 12.5 Å². The van der Waals surface area contributed by atoms with Gasteiger partial charge in [-0.15, -0.1) is 0 Å². The van der Waals surface area contributed by atoms with Crippen LogP contribution in [0.2, 0.25) is 0 Å². The first-order chi connectivity index (χ1) is 9.01. The number of carbonyl (C=O) groups excluding carboxylic acids is 2. The van der Waals surface area contributed by atoms with Crippen LogP contribution in [-0.2, 0) is 14.4 Å². The van der Waals surface area contributed by atoms with Gasteiger partial charge in [0.1, 0.15) is 0 Å². The van der Waals surface area contributed by atoms with Crippen LogP contribution >= 0.6 is 0 Å². The summed E-state index contributed by atoms with van der Waals surface area (Å²) in [5.74, 6) is -3.83. The molecular weight excluding hydrogens is 283 g/mol. The predicted molar refractivity (Wildman–Crippen MR) is 59.1 cm³/mol. The maximum absolute atomic E-state index is 12.9. The Morgan fingerprint density at radius 3 is 2.25 bits per heavy atom. The molecule has 0 aromatic carbocycles. The second-order valence-electron chi connectivity index (χ2n) is 4.67. The molecule has 20 heavy (non-hydrogen) atoms. The number of halogens is 3. The van der Waals surface area contributed by atoms with Crippen LogP contribution in [0.1, 0.15) is 12.8 Å². The van der Waals surface area contributed by atoms with E-state index in [1.54, 1.807) is 0 Å². The number of amides is 2. The molecule has 0 aromatic rings. The maximum atomic E-state index is 12.9. The van der Waals surface area contributed by atoms with Gasteiger partial charge in [-0.25, -0.2) is 0 Å². The third-order valence-corrected chi connectivity index (χ3v) is 3.27. The van der Waals surface area contributed by atoms with Gasteiger partial charge in [-0.05, 0) is 6.42 Å². The van der Waals surface area contributed by atoms with E-state index in [0.717, 1.165) is 0 Å². The third-order valence-electron chi connectivity index (χ3n) is 3.27. The van der Waals surface area contributed by atoms with Crippen LogP contribution < -0.4 is 11.5 Å². The van der Waals surface area contributed by atoms with Crippen molar-refractivity contribution in [3.8, 4) is 0 Å². The Morgan fingerprint density at radius 2 is 1.90 bits per heavy atom. The highest BCUT2D eigenvalue weighted by molar-refractivity contribution is 5.88. The Morgan fingerprint density at radius 1 is 1.35 bits per heavy atom. The summed E-state index contributed by atoms with van der Waals surface area (Å²) in [7, 11) is 0. The second kappa shape index (κ2) is 5.27. The zero-order chi connectivity index (χ0) is 15.7. The Hall–Kier alpha value is -1.84. The molecule has 0 spiro atoms. The molecular formula is C10H14F3N3O4. The molecule has 0 radical (unpaired) electrons. The van der Waals surface area contributed by atoms with E-state index in [1.807, 2.05) is 0 Å². The van der Waals surface area contributed by atoms with Crippen LogP contribution in [-0.4, -0.2) is 53.1 Å². The summed E-state index contributed by atoms with van der Waals surface area (Å²) in [5.41, 5.74) is 7.20. The van der Waals surface area contributed by atoms with Crippen molar-refractivity contribution in [2.75, 3.05) is 13.1 Å². The quantitative estimate of drug-likeness (QED) is 0.617. The fourth-order valence-electron chi connectivity index (χ4n) is 2.06. The van der Waals surface area contributed by atoms with Gasteiger partial charge in [0.15, 0.2) is 5.41 Å². The van der Waals surface area contributed by atoms with E-state index in [1.165, 1.54) is 0 Å². The fourth-order valence-corrected chi connectivity index (χ4v) is 2.06. The molecule has 2 unspecified atom stereocenters. The molecule has 1 aliphatic rings. The molecule has 7 nitrogen and oxygen atoms in total. The largest absolute Gasteiger partial charge is 0.481 e. The number of alkyl halides is 3. The van der Waals surface area contributed by atoms with Crippen molar-refractivity contribution >= 4 is 17.8 Å². The summed E-state index contributed by atoms with van der Waals surface area (Å²) >= 11 is 0. The van der Waals surface area contributed by atoms with E-state index in [9.17, 15) is 27.6 Å². The number of aliphatic carboxylic acids is 1. The average Bonchev–Trinajstić information content (AvgIpc) is 2.72. The highest BCUT2D eigenvalue weighted by Gasteiger charge is 2.64. The first-order valence-corrected chi connectivity index (χ1v) is 5.64. The summed E-state index contributed by atoms with van der Waals surface area (Å²) in [6, 6.07) is -1.37. The number of nitrogens with zero attached hydrogens (tertiary/aromatic N) is 1. The summed E-state index contributed by atoms with van der Waals surface area (Å²) < 4.78 is 38.7. The SMILES string of the molecule is NC(=O)CC(N)C(=O)N1CCC(C(=O)O)(C(F)(F)F)C1. The summed E-state index contributed by atoms with van der Waals surface area (Å²) in [5, 5.41) is 8.82. The Labute approximate surface area is 111 Å². The third kappa shape index (κ3) is 2.84. The van der Waals surface area contributed by atoms with Gasteiger partial charge < -0.3 is 21.5 Å². The van der Waals surface area contributed by atoms with Gasteiger partial charge in [0.2, 0.25) is 11.8 Å². The Balaban J connectivity index is 2.87. The van der Waals surface area contributed by atoms with Crippen LogP contribution in [0.3, 0.4) is 0 Å². The molecule has 2 atom stereocenters. The van der Waals surface area contributed by atoms with Gasteiger partial charge in [-0.3, -0.25) is 14.4 Å². The van der Waals surface area contributed by atoms with Gasteiger partial charge >= 0.3 is 12.1 Å². The minimum absolute atomic E-state index is 0.392. The molecule has 114 valence electrons. The van der Waals surface area contributed by atoms with Gasteiger partial charge in [-0.2, -0.15) is 13.2 Å². The van der Waals surface area contributed by atoms with Gasteiger partial charge in [0, 0.05) is 13.1 Å². The van der Waals surface area contributed by atoms with E-state index < -0.39 is 61.3 Å². The number of nitrogens with two attached hydrogens (primary N) is 2. The molecule has 1 heterocycles. The van der Waals surface area contributed by atoms with Crippen molar-refractivity contribution in [1.82, 2.24) is 4.90 Å². The van der Waals surface area contributed by atoms with Crippen LogP contribution in [0.25, 0.3) is 0 Å². The molecule has 10 heteroatoms. The number of carboxylic acids is 1. The number of rotatable bonds is 4. The first-order valence-electron chi connectivity index (χ1n) is 5.64. The second-order valence-corrected chi connectivity index (χ2v) is 4.67. The van der Waals surface area contributed by atoms with Crippen LogP contribution in [0.4, 0.5) is 13.2 Å².